The van der Waals surface area contributed by atoms with Crippen LogP contribution in [0.1, 0.15) is 13.3 Å². The number of non-ortho nitro benzene ring substituents is 1. The van der Waals surface area contributed by atoms with Crippen LogP contribution in [0.25, 0.3) is 0 Å². The molecule has 0 aliphatic heterocycles. The van der Waals surface area contributed by atoms with Crippen LogP contribution in [-0.4, -0.2) is 49.7 Å². The fourth-order valence-electron chi connectivity index (χ4n) is 1.72. The van der Waals surface area contributed by atoms with Gasteiger partial charge in [-0.25, -0.2) is 8.42 Å². The summed E-state index contributed by atoms with van der Waals surface area (Å²) in [5.74, 6) is -0.470. The molecule has 1 unspecified atom stereocenters. The maximum atomic E-state index is 12.3. The third-order valence-electron chi connectivity index (χ3n) is 3.02. The van der Waals surface area contributed by atoms with E-state index < -0.39 is 20.9 Å². The molecule has 1 rings (SSSR count). The van der Waals surface area contributed by atoms with Gasteiger partial charge < -0.3 is 11.1 Å². The molecule has 0 aliphatic carbocycles. The highest BCUT2D eigenvalue weighted by Gasteiger charge is 2.24. The number of nitrogens with one attached hydrogen (secondary N) is 1. The molecule has 1 amide bonds. The van der Waals surface area contributed by atoms with Gasteiger partial charge in [0.1, 0.15) is 0 Å². The molecule has 0 aromatic heterocycles. The van der Waals surface area contributed by atoms with Crippen molar-refractivity contribution in [3.63, 3.8) is 0 Å². The van der Waals surface area contributed by atoms with Crippen LogP contribution in [0.5, 0.6) is 0 Å². The summed E-state index contributed by atoms with van der Waals surface area (Å²) < 4.78 is 25.5. The van der Waals surface area contributed by atoms with E-state index in [1.165, 1.54) is 25.2 Å². The number of carbonyl (C=O) groups is 1. The number of nitrogens with two attached hydrogens (primary N) is 1. The van der Waals surface area contributed by atoms with Gasteiger partial charge in [-0.05, 0) is 19.4 Å². The van der Waals surface area contributed by atoms with Crippen LogP contribution in [0.3, 0.4) is 0 Å². The maximum Gasteiger partial charge on any atom is 0.270 e. The summed E-state index contributed by atoms with van der Waals surface area (Å²) in [5.41, 5.74) is 5.22. The number of hydrogen-bond acceptors (Lipinski definition) is 6. The number of benzene rings is 1. The Morgan fingerprint density at radius 1 is 1.46 bits per heavy atom. The highest BCUT2D eigenvalue weighted by Crippen LogP contribution is 2.19. The summed E-state index contributed by atoms with van der Waals surface area (Å²) in [6.07, 6.45) is 0.576. The SMILES string of the molecule is CC(N)CCNC(=O)CN(C)S(=O)(=O)c1cccc([N+](=O)[O-])c1.Cl. The van der Waals surface area contributed by atoms with Crippen LogP contribution in [0.2, 0.25) is 0 Å². The van der Waals surface area contributed by atoms with Gasteiger partial charge in [-0.15, -0.1) is 12.4 Å². The third-order valence-corrected chi connectivity index (χ3v) is 4.82. The number of nitro groups is 1. The first-order valence-electron chi connectivity index (χ1n) is 6.87. The van der Waals surface area contributed by atoms with Crippen LogP contribution in [0, 0.1) is 10.1 Å². The maximum absolute atomic E-state index is 12.3. The van der Waals surface area contributed by atoms with Gasteiger partial charge in [-0.2, -0.15) is 4.31 Å². The summed E-state index contributed by atoms with van der Waals surface area (Å²) in [6, 6.07) is 4.61. The highest BCUT2D eigenvalue weighted by atomic mass is 35.5. The Morgan fingerprint density at radius 2 is 2.08 bits per heavy atom. The molecule has 11 heteroatoms. The minimum Gasteiger partial charge on any atom is -0.355 e. The molecule has 0 saturated carbocycles. The lowest BCUT2D eigenvalue weighted by Gasteiger charge is -2.17. The molecule has 0 spiro atoms. The fraction of sp³-hybridized carbons (Fsp3) is 0.462. The van der Waals surface area contributed by atoms with E-state index in [9.17, 15) is 23.3 Å². The van der Waals surface area contributed by atoms with Crippen molar-refractivity contribution in [2.45, 2.75) is 24.3 Å². The van der Waals surface area contributed by atoms with Crippen molar-refractivity contribution in [2.75, 3.05) is 20.1 Å². The first-order valence-corrected chi connectivity index (χ1v) is 8.31. The molecule has 0 radical (unpaired) electrons. The second-order valence-corrected chi connectivity index (χ2v) is 7.18. The predicted molar refractivity (Wildman–Crippen MR) is 91.4 cm³/mol. The molecule has 0 bridgehead atoms. The number of nitro benzene ring substituents is 1. The van der Waals surface area contributed by atoms with Crippen LogP contribution < -0.4 is 11.1 Å². The number of halogens is 1. The number of carbonyl (C=O) groups excluding carboxylic acids is 1. The second-order valence-electron chi connectivity index (χ2n) is 5.13. The zero-order valence-electron chi connectivity index (χ0n) is 13.3. The van der Waals surface area contributed by atoms with E-state index in [0.717, 1.165) is 10.4 Å². The van der Waals surface area contributed by atoms with Crippen LogP contribution >= 0.6 is 12.4 Å². The van der Waals surface area contributed by atoms with Crippen molar-refractivity contribution < 1.29 is 18.1 Å². The zero-order valence-corrected chi connectivity index (χ0v) is 15.0. The van der Waals surface area contributed by atoms with Gasteiger partial charge in [-0.3, -0.25) is 14.9 Å². The Morgan fingerprint density at radius 3 is 2.62 bits per heavy atom. The molecule has 1 aromatic rings. The van der Waals surface area contributed by atoms with Gasteiger partial charge >= 0.3 is 0 Å². The van der Waals surface area contributed by atoms with Crippen LogP contribution in [0.4, 0.5) is 5.69 Å². The van der Waals surface area contributed by atoms with E-state index in [0.29, 0.717) is 13.0 Å². The molecule has 0 saturated heterocycles. The smallest absolute Gasteiger partial charge is 0.270 e. The summed E-state index contributed by atoms with van der Waals surface area (Å²) in [5, 5.41) is 13.3. The summed E-state index contributed by atoms with van der Waals surface area (Å²) >= 11 is 0. The lowest BCUT2D eigenvalue weighted by molar-refractivity contribution is -0.385. The lowest BCUT2D eigenvalue weighted by atomic mass is 10.2. The average molecular weight is 381 g/mol. The Labute approximate surface area is 146 Å². The molecular weight excluding hydrogens is 360 g/mol. The number of rotatable bonds is 8. The van der Waals surface area contributed by atoms with Gasteiger partial charge in [0.25, 0.3) is 5.69 Å². The summed E-state index contributed by atoms with van der Waals surface area (Å²) in [6.45, 7) is 1.76. The molecule has 9 nitrogen and oxygen atoms in total. The first-order chi connectivity index (χ1) is 10.6. The molecule has 0 fully saturated rings. The van der Waals surface area contributed by atoms with E-state index in [4.69, 9.17) is 5.73 Å². The van der Waals surface area contributed by atoms with Crippen LogP contribution in [0.15, 0.2) is 29.2 Å². The Hall–Kier alpha value is -1.75. The van der Waals surface area contributed by atoms with Crippen molar-refractivity contribution in [3.05, 3.63) is 34.4 Å². The predicted octanol–water partition coefficient (Wildman–Crippen LogP) is 0.491. The normalized spacial score (nSPS) is 12.3. The Balaban J connectivity index is 0.00000529. The molecule has 1 atom stereocenters. The van der Waals surface area contributed by atoms with Crippen molar-refractivity contribution in [1.82, 2.24) is 9.62 Å². The monoisotopic (exact) mass is 380 g/mol. The van der Waals surface area contributed by atoms with E-state index in [1.54, 1.807) is 6.92 Å². The zero-order chi connectivity index (χ0) is 17.6. The minimum absolute atomic E-state index is 0. The lowest BCUT2D eigenvalue weighted by Crippen LogP contribution is -2.39. The van der Waals surface area contributed by atoms with E-state index in [2.05, 4.69) is 5.32 Å². The van der Waals surface area contributed by atoms with E-state index >= 15 is 0 Å². The van der Waals surface area contributed by atoms with Gasteiger partial charge in [-0.1, -0.05) is 6.07 Å². The van der Waals surface area contributed by atoms with Crippen molar-refractivity contribution in [1.29, 1.82) is 0 Å². The average Bonchev–Trinajstić information content (AvgIpc) is 2.46. The number of likely N-dealkylation sites (N-methyl/N-ethyl adjacent to an activating group) is 1. The van der Waals surface area contributed by atoms with E-state index in [1.807, 2.05) is 0 Å². The molecule has 3 N–H and O–H groups in total. The Kier molecular flexibility index (Phi) is 8.83. The minimum atomic E-state index is -3.99. The number of amides is 1. The largest absolute Gasteiger partial charge is 0.355 e. The molecule has 0 aliphatic rings. The Bertz CT molecular complexity index is 681. The van der Waals surface area contributed by atoms with E-state index in [-0.39, 0.29) is 35.6 Å². The quantitative estimate of drug-likeness (QED) is 0.497. The fourth-order valence-corrected chi connectivity index (χ4v) is 2.89. The second kappa shape index (κ2) is 9.52. The molecule has 136 valence electrons. The van der Waals surface area contributed by atoms with Crippen LogP contribution in [-0.2, 0) is 14.8 Å². The third kappa shape index (κ3) is 6.40. The van der Waals surface area contributed by atoms with Crippen molar-refractivity contribution >= 4 is 34.0 Å². The highest BCUT2D eigenvalue weighted by molar-refractivity contribution is 7.89. The molecule has 24 heavy (non-hydrogen) atoms. The number of hydrogen-bond donors (Lipinski definition) is 2. The molecule has 0 heterocycles. The summed E-state index contributed by atoms with van der Waals surface area (Å²) in [7, 11) is -2.75. The number of sulfonamides is 1. The van der Waals surface area contributed by atoms with Gasteiger partial charge in [0.15, 0.2) is 0 Å². The van der Waals surface area contributed by atoms with Gasteiger partial charge in [0.2, 0.25) is 15.9 Å². The standard InChI is InChI=1S/C13H20N4O5S.ClH/c1-10(14)6-7-15-13(18)9-16(2)23(21,22)12-5-3-4-11(8-12)17(19)20;/h3-5,8,10H,6-7,9,14H2,1-2H3,(H,15,18);1H. The topological polar surface area (TPSA) is 136 Å². The van der Waals surface area contributed by atoms with Gasteiger partial charge in [0, 0.05) is 31.8 Å². The molecular formula is C13H21ClN4O5S. The van der Waals surface area contributed by atoms with Gasteiger partial charge in [0.05, 0.1) is 16.4 Å². The number of nitrogens with zero attached hydrogens (tertiary/aromatic N) is 2. The molecule has 1 aromatic carbocycles. The summed E-state index contributed by atoms with van der Waals surface area (Å²) in [4.78, 5) is 21.5. The van der Waals surface area contributed by atoms with Crippen molar-refractivity contribution in [2.24, 2.45) is 5.73 Å². The first kappa shape index (κ1) is 22.2. The van der Waals surface area contributed by atoms with Crippen molar-refractivity contribution in [3.8, 4) is 0 Å².